The molecule has 0 radical (unpaired) electrons. The average molecular weight is 348 g/mol. The van der Waals surface area contributed by atoms with Crippen molar-refractivity contribution in [2.24, 2.45) is 0 Å². The first kappa shape index (κ1) is 17.8. The summed E-state index contributed by atoms with van der Waals surface area (Å²) in [6.45, 7) is 3.01. The van der Waals surface area contributed by atoms with Gasteiger partial charge in [-0.25, -0.2) is 17.2 Å². The minimum atomic E-state index is -4.01. The molecule has 1 aliphatic heterocycles. The first-order chi connectivity index (χ1) is 10.8. The highest BCUT2D eigenvalue weighted by molar-refractivity contribution is 7.89. The van der Waals surface area contributed by atoms with Gasteiger partial charge in [0.2, 0.25) is 10.0 Å². The van der Waals surface area contributed by atoms with Crippen LogP contribution in [0, 0.1) is 11.6 Å². The van der Waals surface area contributed by atoms with Crippen LogP contribution in [0.4, 0.5) is 8.78 Å². The molecule has 1 fully saturated rings. The Hall–Kier alpha value is -1.58. The molecule has 1 aromatic carbocycles. The van der Waals surface area contributed by atoms with Crippen LogP contribution in [0.15, 0.2) is 23.1 Å². The number of nitrogens with zero attached hydrogens (tertiary/aromatic N) is 1. The van der Waals surface area contributed by atoms with E-state index < -0.39 is 26.6 Å². The lowest BCUT2D eigenvalue weighted by atomic mass is 10.2. The van der Waals surface area contributed by atoms with Gasteiger partial charge >= 0.3 is 0 Å². The Labute approximate surface area is 134 Å². The zero-order valence-electron chi connectivity index (χ0n) is 13.0. The summed E-state index contributed by atoms with van der Waals surface area (Å²) in [7, 11) is -2.45. The highest BCUT2D eigenvalue weighted by Crippen LogP contribution is 2.20. The molecule has 1 aliphatic rings. The largest absolute Gasteiger partial charge is 0.354 e. The fourth-order valence-electron chi connectivity index (χ4n) is 2.67. The van der Waals surface area contributed by atoms with Gasteiger partial charge in [-0.1, -0.05) is 0 Å². The molecule has 1 saturated heterocycles. The van der Waals surface area contributed by atoms with Crippen molar-refractivity contribution in [2.45, 2.75) is 17.9 Å². The Morgan fingerprint density at radius 1 is 1.30 bits per heavy atom. The molecule has 1 heterocycles. The summed E-state index contributed by atoms with van der Waals surface area (Å²) in [5.74, 6) is -2.03. The lowest BCUT2D eigenvalue weighted by Gasteiger charge is -2.34. The molecule has 0 aliphatic carbocycles. The van der Waals surface area contributed by atoms with Crippen molar-refractivity contribution in [2.75, 3.05) is 33.2 Å². The number of halogens is 2. The average Bonchev–Trinajstić information content (AvgIpc) is 2.53. The number of quaternary nitrogens is 1. The minimum Gasteiger partial charge on any atom is -0.354 e. The Morgan fingerprint density at radius 2 is 1.91 bits per heavy atom. The molecule has 1 amide bonds. The highest BCUT2D eigenvalue weighted by Gasteiger charge is 2.35. The quantitative estimate of drug-likeness (QED) is 0.732. The van der Waals surface area contributed by atoms with Crippen molar-refractivity contribution in [1.82, 2.24) is 9.62 Å². The van der Waals surface area contributed by atoms with Gasteiger partial charge in [0.1, 0.15) is 16.5 Å². The maximum atomic E-state index is 13.8. The number of rotatable bonds is 4. The molecule has 2 rings (SSSR count). The number of amides is 1. The van der Waals surface area contributed by atoms with Crippen LogP contribution < -0.4 is 10.2 Å². The van der Waals surface area contributed by atoms with Crippen molar-refractivity contribution in [3.05, 3.63) is 29.8 Å². The van der Waals surface area contributed by atoms with Crippen molar-refractivity contribution >= 4 is 15.9 Å². The van der Waals surface area contributed by atoms with E-state index in [9.17, 15) is 22.0 Å². The summed E-state index contributed by atoms with van der Waals surface area (Å²) in [4.78, 5) is 12.1. The zero-order valence-corrected chi connectivity index (χ0v) is 13.8. The fraction of sp³-hybridized carbons (Fsp3) is 0.500. The Morgan fingerprint density at radius 3 is 2.43 bits per heavy atom. The molecule has 6 nitrogen and oxygen atoms in total. The summed E-state index contributed by atoms with van der Waals surface area (Å²) >= 11 is 0. The smallest absolute Gasteiger partial charge is 0.277 e. The second kappa shape index (κ2) is 6.90. The molecule has 1 atom stereocenters. The maximum Gasteiger partial charge on any atom is 0.277 e. The number of hydrogen-bond acceptors (Lipinski definition) is 3. The van der Waals surface area contributed by atoms with E-state index in [-0.39, 0.29) is 25.0 Å². The van der Waals surface area contributed by atoms with Gasteiger partial charge in [0, 0.05) is 13.1 Å². The molecule has 128 valence electrons. The first-order valence-corrected chi connectivity index (χ1v) is 8.72. The van der Waals surface area contributed by atoms with Crippen LogP contribution in [0.25, 0.3) is 0 Å². The highest BCUT2D eigenvalue weighted by atomic mass is 32.2. The molecular formula is C14H20F2N3O3S+. The summed E-state index contributed by atoms with van der Waals surface area (Å²) in [6, 6.07) is 2.13. The molecule has 2 N–H and O–H groups in total. The molecule has 0 unspecified atom stereocenters. The second-order valence-electron chi connectivity index (χ2n) is 5.47. The SMILES string of the molecule is CNC(=O)[C@H](C)[NH+]1CCN(S(=O)(=O)c2ccc(F)cc2F)CC1. The van der Waals surface area contributed by atoms with E-state index in [4.69, 9.17) is 0 Å². The van der Waals surface area contributed by atoms with Gasteiger partial charge in [0.05, 0.1) is 26.2 Å². The van der Waals surface area contributed by atoms with Gasteiger partial charge in [-0.05, 0) is 19.1 Å². The van der Waals surface area contributed by atoms with Crippen LogP contribution in [-0.2, 0) is 14.8 Å². The van der Waals surface area contributed by atoms with Gasteiger partial charge in [-0.3, -0.25) is 4.79 Å². The lowest BCUT2D eigenvalue weighted by molar-refractivity contribution is -0.917. The summed E-state index contributed by atoms with van der Waals surface area (Å²) in [6.07, 6.45) is 0. The number of carbonyl (C=O) groups excluding carboxylic acids is 1. The third-order valence-electron chi connectivity index (χ3n) is 4.13. The molecule has 0 saturated carbocycles. The van der Waals surface area contributed by atoms with Gasteiger partial charge in [0.25, 0.3) is 5.91 Å². The molecule has 0 spiro atoms. The summed E-state index contributed by atoms with van der Waals surface area (Å²) in [5.41, 5.74) is 0. The summed E-state index contributed by atoms with van der Waals surface area (Å²) in [5, 5.41) is 2.57. The van der Waals surface area contributed by atoms with E-state index in [0.29, 0.717) is 19.2 Å². The third-order valence-corrected chi connectivity index (χ3v) is 6.06. The van der Waals surface area contributed by atoms with Crippen molar-refractivity contribution in [1.29, 1.82) is 0 Å². The number of sulfonamides is 1. The monoisotopic (exact) mass is 348 g/mol. The number of nitrogens with one attached hydrogen (secondary N) is 2. The molecule has 23 heavy (non-hydrogen) atoms. The zero-order chi connectivity index (χ0) is 17.2. The molecule has 0 aromatic heterocycles. The second-order valence-corrected chi connectivity index (χ2v) is 7.38. The van der Waals surface area contributed by atoms with E-state index >= 15 is 0 Å². The molecular weight excluding hydrogens is 328 g/mol. The molecule has 0 bridgehead atoms. The van der Waals surface area contributed by atoms with Gasteiger partial charge < -0.3 is 10.2 Å². The van der Waals surface area contributed by atoms with Gasteiger partial charge in [-0.15, -0.1) is 0 Å². The van der Waals surface area contributed by atoms with E-state index in [2.05, 4.69) is 5.32 Å². The Balaban J connectivity index is 2.11. The predicted octanol–water partition coefficient (Wildman–Crippen LogP) is -1.01. The number of likely N-dealkylation sites (N-methyl/N-ethyl adjacent to an activating group) is 1. The van der Waals surface area contributed by atoms with E-state index in [1.54, 1.807) is 14.0 Å². The standard InChI is InChI=1S/C14H19F2N3O3S/c1-10(14(20)17-2)18-5-7-19(8-6-18)23(21,22)13-4-3-11(15)9-12(13)16/h3-4,9-10H,5-8H2,1-2H3,(H,17,20)/p+1/t10-/m0/s1. The first-order valence-electron chi connectivity index (χ1n) is 7.28. The van der Waals surface area contributed by atoms with Gasteiger partial charge in [-0.2, -0.15) is 4.31 Å². The number of piperazine rings is 1. The fourth-order valence-corrected chi connectivity index (χ4v) is 4.16. The van der Waals surface area contributed by atoms with Crippen LogP contribution in [-0.4, -0.2) is 57.9 Å². The van der Waals surface area contributed by atoms with Crippen LogP contribution in [0.5, 0.6) is 0 Å². The van der Waals surface area contributed by atoms with E-state index in [0.717, 1.165) is 17.0 Å². The molecule has 9 heteroatoms. The van der Waals surface area contributed by atoms with Crippen LogP contribution in [0.2, 0.25) is 0 Å². The number of benzene rings is 1. The normalized spacial score (nSPS) is 18.6. The Kier molecular flexibility index (Phi) is 5.33. The number of hydrogen-bond donors (Lipinski definition) is 2. The van der Waals surface area contributed by atoms with Crippen LogP contribution >= 0.6 is 0 Å². The minimum absolute atomic E-state index is 0.110. The van der Waals surface area contributed by atoms with Crippen LogP contribution in [0.1, 0.15) is 6.92 Å². The topological polar surface area (TPSA) is 70.9 Å². The van der Waals surface area contributed by atoms with E-state index in [1.807, 2.05) is 0 Å². The van der Waals surface area contributed by atoms with Crippen molar-refractivity contribution in [3.8, 4) is 0 Å². The maximum absolute atomic E-state index is 13.8. The predicted molar refractivity (Wildman–Crippen MR) is 79.3 cm³/mol. The Bertz CT molecular complexity index is 689. The van der Waals surface area contributed by atoms with Crippen molar-refractivity contribution < 1.29 is 26.9 Å². The third kappa shape index (κ3) is 3.67. The van der Waals surface area contributed by atoms with Crippen molar-refractivity contribution in [3.63, 3.8) is 0 Å². The van der Waals surface area contributed by atoms with Crippen LogP contribution in [0.3, 0.4) is 0 Å². The lowest BCUT2D eigenvalue weighted by Crippen LogP contribution is -3.19. The van der Waals surface area contributed by atoms with Gasteiger partial charge in [0.15, 0.2) is 6.04 Å². The van der Waals surface area contributed by atoms with E-state index in [1.165, 1.54) is 4.31 Å². The summed E-state index contributed by atoms with van der Waals surface area (Å²) < 4.78 is 52.8. The number of carbonyl (C=O) groups is 1. The molecule has 1 aromatic rings.